The quantitative estimate of drug-likeness (QED) is 0.310. The monoisotopic (exact) mass is 643 g/mol. The van der Waals surface area contributed by atoms with Crippen LogP contribution in [-0.2, 0) is 26.6 Å². The van der Waals surface area contributed by atoms with E-state index in [2.05, 4.69) is 63.2 Å². The molecule has 8 nitrogen and oxygen atoms in total. The maximum Gasteiger partial charge on any atom is 0.217 e. The molecule has 0 radical (unpaired) electrons. The van der Waals surface area contributed by atoms with Gasteiger partial charge in [-0.1, -0.05) is 37.6 Å². The maximum atomic E-state index is 13.0. The van der Waals surface area contributed by atoms with Crippen molar-refractivity contribution in [3.8, 4) is 0 Å². The molecule has 246 valence electrons. The normalized spacial score (nSPS) is 22.2. The van der Waals surface area contributed by atoms with E-state index in [-0.39, 0.29) is 22.3 Å². The van der Waals surface area contributed by atoms with Crippen molar-refractivity contribution in [3.63, 3.8) is 0 Å². The zero-order valence-electron chi connectivity index (χ0n) is 27.6. The highest BCUT2D eigenvalue weighted by Gasteiger charge is 2.47. The number of likely N-dealkylation sites (N-methyl/N-ethyl adjacent to an activating group) is 1. The van der Waals surface area contributed by atoms with E-state index in [9.17, 15) is 13.2 Å². The molecule has 2 aromatic carbocycles. The predicted molar refractivity (Wildman–Crippen MR) is 183 cm³/mol. The molecule has 1 N–H and O–H groups in total. The SMILES string of the molecule is CCC[C@@H](CC1(C2CCN(CC3CN(c4ccc(S(=O)(=O)c5ccncc5)cc4)C3)CC2)CN(C)Cc2ccccc21)NC(C)=O. The molecule has 2 fully saturated rings. The van der Waals surface area contributed by atoms with Crippen LogP contribution >= 0.6 is 0 Å². The van der Waals surface area contributed by atoms with E-state index in [4.69, 9.17) is 0 Å². The number of rotatable bonds is 11. The van der Waals surface area contributed by atoms with Gasteiger partial charge in [-0.15, -0.1) is 0 Å². The molecule has 1 aromatic heterocycles. The first-order valence-electron chi connectivity index (χ1n) is 16.9. The van der Waals surface area contributed by atoms with Gasteiger partial charge in [0.1, 0.15) is 0 Å². The minimum atomic E-state index is -3.54. The number of likely N-dealkylation sites (tertiary alicyclic amines) is 1. The molecule has 3 aromatic rings. The minimum Gasteiger partial charge on any atom is -0.371 e. The van der Waals surface area contributed by atoms with Crippen LogP contribution in [0.5, 0.6) is 0 Å². The number of anilines is 1. The summed E-state index contributed by atoms with van der Waals surface area (Å²) in [6, 6.07) is 19.6. The smallest absolute Gasteiger partial charge is 0.217 e. The Balaban J connectivity index is 1.08. The Labute approximate surface area is 275 Å². The number of hydrogen-bond acceptors (Lipinski definition) is 7. The fraction of sp³-hybridized carbons (Fsp3) is 0.514. The topological polar surface area (TPSA) is 85.8 Å². The fourth-order valence-corrected chi connectivity index (χ4v) is 9.71. The third-order valence-corrected chi connectivity index (χ3v) is 12.3. The van der Waals surface area contributed by atoms with Crippen LogP contribution in [0.1, 0.15) is 57.1 Å². The molecule has 1 amide bonds. The lowest BCUT2D eigenvalue weighted by Crippen LogP contribution is -2.56. The Kier molecular flexibility index (Phi) is 9.83. The Morgan fingerprint density at radius 3 is 2.35 bits per heavy atom. The number of nitrogens with zero attached hydrogens (tertiary/aromatic N) is 4. The van der Waals surface area contributed by atoms with E-state index in [1.54, 1.807) is 19.1 Å². The summed E-state index contributed by atoms with van der Waals surface area (Å²) in [5, 5.41) is 3.32. The summed E-state index contributed by atoms with van der Waals surface area (Å²) < 4.78 is 25.9. The number of hydrogen-bond donors (Lipinski definition) is 1. The molecule has 46 heavy (non-hydrogen) atoms. The Morgan fingerprint density at radius 2 is 1.67 bits per heavy atom. The van der Waals surface area contributed by atoms with Crippen LogP contribution in [0.15, 0.2) is 82.8 Å². The van der Waals surface area contributed by atoms with Crippen molar-refractivity contribution in [2.75, 3.05) is 51.2 Å². The van der Waals surface area contributed by atoms with Gasteiger partial charge in [-0.2, -0.15) is 0 Å². The van der Waals surface area contributed by atoms with Crippen molar-refractivity contribution < 1.29 is 13.2 Å². The van der Waals surface area contributed by atoms with Gasteiger partial charge in [0, 0.05) is 75.1 Å². The van der Waals surface area contributed by atoms with Crippen molar-refractivity contribution in [1.29, 1.82) is 0 Å². The molecule has 0 aliphatic carbocycles. The van der Waals surface area contributed by atoms with Gasteiger partial charge in [-0.25, -0.2) is 8.42 Å². The first-order valence-corrected chi connectivity index (χ1v) is 18.4. The highest BCUT2D eigenvalue weighted by molar-refractivity contribution is 7.91. The van der Waals surface area contributed by atoms with Crippen LogP contribution in [0.4, 0.5) is 5.69 Å². The average molecular weight is 644 g/mol. The Bertz CT molecular complexity index is 1580. The standard InChI is InChI=1S/C37H49N5O3S/c1-4-7-32(39-28(2)43)22-37(27-40(3)26-30-8-5-6-9-36(30)37)31-16-20-41(21-17-31)23-29-24-42(25-29)33-10-12-34(13-11-33)46(44,45)35-14-18-38-19-15-35/h5-6,8-15,18-19,29,31-32H,4,7,16-17,20-27H2,1-3H3,(H,39,43)/t32-,37?/m0/s1. The predicted octanol–water partition coefficient (Wildman–Crippen LogP) is 5.14. The van der Waals surface area contributed by atoms with Gasteiger partial charge in [-0.3, -0.25) is 9.78 Å². The van der Waals surface area contributed by atoms with E-state index in [0.717, 1.165) is 70.8 Å². The first-order chi connectivity index (χ1) is 22.2. The van der Waals surface area contributed by atoms with Gasteiger partial charge in [0.15, 0.2) is 0 Å². The van der Waals surface area contributed by atoms with Crippen LogP contribution < -0.4 is 10.2 Å². The Hall–Kier alpha value is -3.27. The molecule has 4 heterocycles. The minimum absolute atomic E-state index is 0.0300. The van der Waals surface area contributed by atoms with Crippen LogP contribution in [0.2, 0.25) is 0 Å². The number of fused-ring (bicyclic) bond motifs is 1. The molecule has 2 saturated heterocycles. The maximum absolute atomic E-state index is 13.0. The first kappa shape index (κ1) is 32.7. The van der Waals surface area contributed by atoms with E-state index in [1.165, 1.54) is 48.5 Å². The molecule has 0 spiro atoms. The van der Waals surface area contributed by atoms with Gasteiger partial charge in [0.05, 0.1) is 9.79 Å². The lowest BCUT2D eigenvalue weighted by molar-refractivity contribution is -0.120. The number of aromatic nitrogens is 1. The van der Waals surface area contributed by atoms with Gasteiger partial charge in [0.2, 0.25) is 15.7 Å². The second-order valence-electron chi connectivity index (χ2n) is 13.9. The summed E-state index contributed by atoms with van der Waals surface area (Å²) in [5.74, 6) is 1.25. The van der Waals surface area contributed by atoms with Gasteiger partial charge in [0.25, 0.3) is 0 Å². The van der Waals surface area contributed by atoms with Crippen molar-refractivity contribution in [3.05, 3.63) is 84.2 Å². The zero-order valence-corrected chi connectivity index (χ0v) is 28.4. The highest BCUT2D eigenvalue weighted by Crippen LogP contribution is 2.47. The van der Waals surface area contributed by atoms with Crippen molar-refractivity contribution >= 4 is 21.4 Å². The lowest BCUT2D eigenvalue weighted by Gasteiger charge is -2.52. The molecule has 0 bridgehead atoms. The van der Waals surface area contributed by atoms with Crippen LogP contribution in [0.3, 0.4) is 0 Å². The lowest BCUT2D eigenvalue weighted by atomic mass is 9.60. The Morgan fingerprint density at radius 1 is 1.00 bits per heavy atom. The van der Waals surface area contributed by atoms with E-state index in [0.29, 0.717) is 16.7 Å². The molecule has 0 saturated carbocycles. The molecular formula is C37H49N5O3S. The summed E-state index contributed by atoms with van der Waals surface area (Å²) >= 11 is 0. The number of sulfone groups is 1. The van der Waals surface area contributed by atoms with Crippen LogP contribution in [0, 0.1) is 11.8 Å². The number of carbonyl (C=O) groups is 1. The van der Waals surface area contributed by atoms with Gasteiger partial charge < -0.3 is 20.0 Å². The highest BCUT2D eigenvalue weighted by atomic mass is 32.2. The van der Waals surface area contributed by atoms with E-state index >= 15 is 0 Å². The number of piperidine rings is 1. The summed E-state index contributed by atoms with van der Waals surface area (Å²) in [7, 11) is -1.29. The third kappa shape index (κ3) is 6.87. The molecule has 9 heteroatoms. The molecule has 3 aliphatic rings. The number of benzene rings is 2. The molecule has 3 aliphatic heterocycles. The van der Waals surface area contributed by atoms with Crippen LogP contribution in [-0.4, -0.2) is 81.5 Å². The summed E-state index contributed by atoms with van der Waals surface area (Å²) in [5.41, 5.74) is 4.05. The zero-order chi connectivity index (χ0) is 32.3. The van der Waals surface area contributed by atoms with Gasteiger partial charge >= 0.3 is 0 Å². The summed E-state index contributed by atoms with van der Waals surface area (Å²) in [6.07, 6.45) is 8.42. The summed E-state index contributed by atoms with van der Waals surface area (Å²) in [6.45, 7) is 11.2. The largest absolute Gasteiger partial charge is 0.371 e. The number of carbonyl (C=O) groups excluding carboxylic acids is 1. The molecular weight excluding hydrogens is 595 g/mol. The van der Waals surface area contributed by atoms with Crippen LogP contribution in [0.25, 0.3) is 0 Å². The van der Waals surface area contributed by atoms with Crippen molar-refractivity contribution in [2.45, 2.75) is 73.7 Å². The van der Waals surface area contributed by atoms with Crippen molar-refractivity contribution in [1.82, 2.24) is 20.1 Å². The van der Waals surface area contributed by atoms with Crippen molar-refractivity contribution in [2.24, 2.45) is 11.8 Å². The molecule has 2 atom stereocenters. The van der Waals surface area contributed by atoms with Gasteiger partial charge in [-0.05, 0) is 99.3 Å². The number of amides is 1. The number of nitrogens with one attached hydrogen (secondary N) is 1. The molecule has 1 unspecified atom stereocenters. The number of pyridine rings is 1. The summed E-state index contributed by atoms with van der Waals surface area (Å²) in [4.78, 5) is 24.2. The molecule has 6 rings (SSSR count). The van der Waals surface area contributed by atoms with E-state index < -0.39 is 9.84 Å². The van der Waals surface area contributed by atoms with E-state index in [1.807, 2.05) is 12.1 Å². The second-order valence-corrected chi connectivity index (χ2v) is 15.9. The second kappa shape index (κ2) is 13.8. The fourth-order valence-electron chi connectivity index (χ4n) is 8.47. The third-order valence-electron chi connectivity index (χ3n) is 10.5. The average Bonchev–Trinajstić information content (AvgIpc) is 3.03.